The molecule has 0 aliphatic carbocycles. The lowest BCUT2D eigenvalue weighted by Gasteiger charge is -2.18. The molecule has 7 nitrogen and oxygen atoms in total. The fourth-order valence-corrected chi connectivity index (χ4v) is 3.24. The van der Waals surface area contributed by atoms with Crippen molar-refractivity contribution in [3.8, 4) is 11.5 Å². The van der Waals surface area contributed by atoms with Crippen LogP contribution in [0.1, 0.15) is 50.8 Å². The normalized spacial score (nSPS) is 12.7. The molecular weight excluding hydrogens is 384 g/mol. The predicted molar refractivity (Wildman–Crippen MR) is 112 cm³/mol. The molecule has 0 N–H and O–H groups in total. The fraction of sp³-hybridized carbons (Fsp3) is 0.348. The zero-order valence-corrected chi connectivity index (χ0v) is 17.5. The molecule has 0 spiro atoms. The van der Waals surface area contributed by atoms with Crippen molar-refractivity contribution in [2.75, 3.05) is 33.9 Å². The summed E-state index contributed by atoms with van der Waals surface area (Å²) in [4.78, 5) is 40.6. The molecule has 0 radical (unpaired) electrons. The number of methoxy groups -OCH3 is 1. The van der Waals surface area contributed by atoms with E-state index in [1.54, 1.807) is 50.6 Å². The van der Waals surface area contributed by atoms with Crippen LogP contribution in [0.4, 0.5) is 0 Å². The molecule has 0 saturated carbocycles. The monoisotopic (exact) mass is 410 g/mol. The second kappa shape index (κ2) is 9.43. The lowest BCUT2D eigenvalue weighted by Crippen LogP contribution is -2.31. The first-order valence-electron chi connectivity index (χ1n) is 9.98. The van der Waals surface area contributed by atoms with Gasteiger partial charge in [-0.15, -0.1) is 0 Å². The van der Waals surface area contributed by atoms with E-state index in [0.717, 1.165) is 18.6 Å². The molecule has 1 heterocycles. The van der Waals surface area contributed by atoms with Crippen LogP contribution in [0, 0.1) is 0 Å². The van der Waals surface area contributed by atoms with Gasteiger partial charge in [0.2, 0.25) is 0 Å². The largest absolute Gasteiger partial charge is 0.497 e. The quantitative estimate of drug-likeness (QED) is 0.593. The number of hydrogen-bond acceptors (Lipinski definition) is 5. The lowest BCUT2D eigenvalue weighted by atomic mass is 10.1. The third kappa shape index (κ3) is 4.45. The van der Waals surface area contributed by atoms with Crippen LogP contribution in [0.5, 0.6) is 11.5 Å². The van der Waals surface area contributed by atoms with Gasteiger partial charge in [-0.2, -0.15) is 0 Å². The number of rotatable bonds is 9. The molecule has 1 aliphatic heterocycles. The van der Waals surface area contributed by atoms with Gasteiger partial charge in [0.15, 0.2) is 0 Å². The Bertz CT molecular complexity index is 939. The Labute approximate surface area is 176 Å². The summed E-state index contributed by atoms with van der Waals surface area (Å²) in [6.45, 7) is 3.09. The predicted octanol–water partition coefficient (Wildman–Crippen LogP) is 3.24. The van der Waals surface area contributed by atoms with Crippen molar-refractivity contribution in [3.05, 3.63) is 59.2 Å². The minimum Gasteiger partial charge on any atom is -0.497 e. The fourth-order valence-electron chi connectivity index (χ4n) is 3.24. The molecule has 3 rings (SSSR count). The topological polar surface area (TPSA) is 76.2 Å². The van der Waals surface area contributed by atoms with Crippen molar-refractivity contribution in [2.24, 2.45) is 0 Å². The van der Waals surface area contributed by atoms with E-state index in [1.807, 2.05) is 6.92 Å². The molecule has 0 fully saturated rings. The molecule has 0 aromatic heterocycles. The molecule has 30 heavy (non-hydrogen) atoms. The summed E-state index contributed by atoms with van der Waals surface area (Å²) in [6.07, 6.45) is 1.65. The van der Waals surface area contributed by atoms with Crippen LogP contribution in [-0.2, 0) is 0 Å². The highest BCUT2D eigenvalue weighted by Gasteiger charge is 2.35. The molecule has 3 amide bonds. The van der Waals surface area contributed by atoms with Gasteiger partial charge in [-0.3, -0.25) is 19.3 Å². The van der Waals surface area contributed by atoms with Crippen LogP contribution in [0.3, 0.4) is 0 Å². The third-order valence-corrected chi connectivity index (χ3v) is 5.05. The number of amides is 3. The number of unbranched alkanes of at least 4 members (excludes halogenated alkanes) is 1. The minimum atomic E-state index is -0.330. The summed E-state index contributed by atoms with van der Waals surface area (Å²) in [5.41, 5.74) is 1.03. The number of benzene rings is 2. The van der Waals surface area contributed by atoms with Crippen LogP contribution in [0.2, 0.25) is 0 Å². The smallest absolute Gasteiger partial charge is 0.261 e. The second-order valence-corrected chi connectivity index (χ2v) is 7.13. The first-order valence-corrected chi connectivity index (χ1v) is 9.98. The van der Waals surface area contributed by atoms with Gasteiger partial charge in [-0.25, -0.2) is 0 Å². The minimum absolute atomic E-state index is 0.233. The van der Waals surface area contributed by atoms with Crippen molar-refractivity contribution in [1.29, 1.82) is 0 Å². The standard InChI is InChI=1S/C23H26N2O5/c1-4-5-12-25-22(27)19-11-6-16(15-20(19)23(25)28)21(26)24(2)13-14-30-18-9-7-17(29-3)8-10-18/h6-11,15H,4-5,12-14H2,1-3H3. The molecule has 1 aliphatic rings. The Morgan fingerprint density at radius 1 is 1.00 bits per heavy atom. The Morgan fingerprint density at radius 2 is 1.67 bits per heavy atom. The van der Waals surface area contributed by atoms with Gasteiger partial charge >= 0.3 is 0 Å². The molecular formula is C23H26N2O5. The van der Waals surface area contributed by atoms with Crippen molar-refractivity contribution in [3.63, 3.8) is 0 Å². The number of imide groups is 1. The first kappa shape index (κ1) is 21.4. The summed E-state index contributed by atoms with van der Waals surface area (Å²) in [5.74, 6) is 0.577. The number of fused-ring (bicyclic) bond motifs is 1. The number of carbonyl (C=O) groups is 3. The number of hydrogen-bond donors (Lipinski definition) is 0. The Morgan fingerprint density at radius 3 is 2.33 bits per heavy atom. The molecule has 158 valence electrons. The molecule has 7 heteroatoms. The van der Waals surface area contributed by atoms with E-state index in [9.17, 15) is 14.4 Å². The SMILES string of the molecule is CCCCN1C(=O)c2ccc(C(=O)N(C)CCOc3ccc(OC)cc3)cc2C1=O. The van der Waals surface area contributed by atoms with Crippen LogP contribution in [0.25, 0.3) is 0 Å². The second-order valence-electron chi connectivity index (χ2n) is 7.13. The first-order chi connectivity index (χ1) is 14.5. The van der Waals surface area contributed by atoms with E-state index in [0.29, 0.717) is 42.1 Å². The summed E-state index contributed by atoms with van der Waals surface area (Å²) in [6, 6.07) is 11.9. The van der Waals surface area contributed by atoms with Gasteiger partial charge in [0.05, 0.1) is 24.8 Å². The van der Waals surface area contributed by atoms with Gasteiger partial charge in [0.25, 0.3) is 17.7 Å². The number of nitrogens with zero attached hydrogens (tertiary/aromatic N) is 2. The third-order valence-electron chi connectivity index (χ3n) is 5.05. The van der Waals surface area contributed by atoms with Gasteiger partial charge in [0.1, 0.15) is 18.1 Å². The summed E-state index contributed by atoms with van der Waals surface area (Å²) < 4.78 is 10.8. The molecule has 2 aromatic rings. The molecule has 0 saturated heterocycles. The maximum atomic E-state index is 12.8. The molecule has 0 atom stereocenters. The van der Waals surface area contributed by atoms with Gasteiger partial charge < -0.3 is 14.4 Å². The number of ether oxygens (including phenoxy) is 2. The lowest BCUT2D eigenvalue weighted by molar-refractivity contribution is 0.0652. The van der Waals surface area contributed by atoms with Gasteiger partial charge in [0, 0.05) is 19.2 Å². The van der Waals surface area contributed by atoms with Crippen molar-refractivity contribution >= 4 is 17.7 Å². The Kier molecular flexibility index (Phi) is 6.72. The number of carbonyl (C=O) groups excluding carboxylic acids is 3. The van der Waals surface area contributed by atoms with Gasteiger partial charge in [-0.05, 0) is 48.9 Å². The van der Waals surface area contributed by atoms with Crippen LogP contribution in [0.15, 0.2) is 42.5 Å². The Balaban J connectivity index is 1.61. The Hall–Kier alpha value is -3.35. The maximum absolute atomic E-state index is 12.8. The van der Waals surface area contributed by atoms with E-state index in [-0.39, 0.29) is 17.7 Å². The zero-order chi connectivity index (χ0) is 21.7. The molecule has 2 aromatic carbocycles. The summed E-state index contributed by atoms with van der Waals surface area (Å²) >= 11 is 0. The van der Waals surface area contributed by atoms with E-state index < -0.39 is 0 Å². The van der Waals surface area contributed by atoms with Crippen molar-refractivity contribution in [1.82, 2.24) is 9.80 Å². The highest BCUT2D eigenvalue weighted by molar-refractivity contribution is 6.22. The van der Waals surface area contributed by atoms with Crippen molar-refractivity contribution in [2.45, 2.75) is 19.8 Å². The summed E-state index contributed by atoms with van der Waals surface area (Å²) in [5, 5.41) is 0. The highest BCUT2D eigenvalue weighted by atomic mass is 16.5. The molecule has 0 unspecified atom stereocenters. The van der Waals surface area contributed by atoms with E-state index in [2.05, 4.69) is 0 Å². The van der Waals surface area contributed by atoms with E-state index >= 15 is 0 Å². The van der Waals surface area contributed by atoms with E-state index in [1.165, 1.54) is 15.9 Å². The maximum Gasteiger partial charge on any atom is 0.261 e. The van der Waals surface area contributed by atoms with Crippen LogP contribution >= 0.6 is 0 Å². The average Bonchev–Trinajstić information content (AvgIpc) is 3.01. The zero-order valence-electron chi connectivity index (χ0n) is 17.5. The highest BCUT2D eigenvalue weighted by Crippen LogP contribution is 2.25. The van der Waals surface area contributed by atoms with Gasteiger partial charge in [-0.1, -0.05) is 13.3 Å². The van der Waals surface area contributed by atoms with Crippen molar-refractivity contribution < 1.29 is 23.9 Å². The van der Waals surface area contributed by atoms with E-state index in [4.69, 9.17) is 9.47 Å². The number of likely N-dealkylation sites (N-methyl/N-ethyl adjacent to an activating group) is 1. The average molecular weight is 410 g/mol. The molecule has 0 bridgehead atoms. The van der Waals surface area contributed by atoms with Crippen LogP contribution < -0.4 is 9.47 Å². The summed E-state index contributed by atoms with van der Waals surface area (Å²) in [7, 11) is 3.27. The van der Waals surface area contributed by atoms with Crippen LogP contribution in [-0.4, -0.2) is 61.4 Å².